The van der Waals surface area contributed by atoms with Crippen LogP contribution in [-0.2, 0) is 4.74 Å². The van der Waals surface area contributed by atoms with Gasteiger partial charge in [0.05, 0.1) is 22.6 Å². The predicted octanol–water partition coefficient (Wildman–Crippen LogP) is 2.61. The Morgan fingerprint density at radius 1 is 1.52 bits per heavy atom. The summed E-state index contributed by atoms with van der Waals surface area (Å²) in [4.78, 5) is 26.2. The van der Waals surface area contributed by atoms with E-state index in [-0.39, 0.29) is 21.2 Å². The molecule has 0 amide bonds. The normalized spacial score (nSPS) is 10.4. The van der Waals surface area contributed by atoms with Gasteiger partial charge in [0, 0.05) is 6.07 Å². The van der Waals surface area contributed by atoms with Gasteiger partial charge in [0.25, 0.3) is 5.69 Å². The number of nitro groups is 1. The average Bonchev–Trinajstić information content (AvgIpc) is 2.85. The Morgan fingerprint density at radius 2 is 2.24 bits per heavy atom. The topological polar surface area (TPSA) is 111 Å². The molecule has 0 aliphatic carbocycles. The third-order valence-electron chi connectivity index (χ3n) is 2.41. The van der Waals surface area contributed by atoms with Crippen molar-refractivity contribution in [1.29, 1.82) is 0 Å². The number of ether oxygens (including phenoxy) is 1. The molecule has 0 aliphatic rings. The van der Waals surface area contributed by atoms with Gasteiger partial charge in [0.2, 0.25) is 5.16 Å². The van der Waals surface area contributed by atoms with Gasteiger partial charge in [0.15, 0.2) is 0 Å². The van der Waals surface area contributed by atoms with Crippen LogP contribution in [-0.4, -0.2) is 33.2 Å². The summed E-state index contributed by atoms with van der Waals surface area (Å²) in [7, 11) is 1.18. The molecule has 0 spiro atoms. The SMILES string of the molecule is COC(=O)c1cc(Cl)c(Sc2n[nH]c(C)n2)c([N+](=O)[O-])c1. The first-order valence-corrected chi connectivity index (χ1v) is 6.75. The van der Waals surface area contributed by atoms with Gasteiger partial charge in [-0.2, -0.15) is 0 Å². The molecular formula is C11H9ClN4O4S. The van der Waals surface area contributed by atoms with Gasteiger partial charge in [-0.1, -0.05) is 11.6 Å². The minimum atomic E-state index is -0.703. The van der Waals surface area contributed by atoms with Crippen LogP contribution >= 0.6 is 23.4 Å². The number of benzene rings is 1. The number of aromatic amines is 1. The maximum absolute atomic E-state index is 11.5. The van der Waals surface area contributed by atoms with Crippen molar-refractivity contribution < 1.29 is 14.5 Å². The maximum Gasteiger partial charge on any atom is 0.338 e. The first-order chi connectivity index (χ1) is 9.92. The third-order valence-corrected chi connectivity index (χ3v) is 3.82. The van der Waals surface area contributed by atoms with Crippen molar-refractivity contribution in [3.8, 4) is 0 Å². The molecule has 0 bridgehead atoms. The molecule has 0 aliphatic heterocycles. The molecule has 2 aromatic rings. The fourth-order valence-electron chi connectivity index (χ4n) is 1.51. The molecule has 8 nitrogen and oxygen atoms in total. The highest BCUT2D eigenvalue weighted by Gasteiger charge is 2.23. The van der Waals surface area contributed by atoms with Gasteiger partial charge in [-0.05, 0) is 24.8 Å². The smallest absolute Gasteiger partial charge is 0.338 e. The average molecular weight is 329 g/mol. The highest BCUT2D eigenvalue weighted by Crippen LogP contribution is 2.39. The molecule has 0 saturated heterocycles. The van der Waals surface area contributed by atoms with E-state index < -0.39 is 10.9 Å². The Morgan fingerprint density at radius 3 is 2.76 bits per heavy atom. The van der Waals surface area contributed by atoms with Crippen molar-refractivity contribution in [1.82, 2.24) is 15.2 Å². The van der Waals surface area contributed by atoms with Crippen LogP contribution in [0.4, 0.5) is 5.69 Å². The van der Waals surface area contributed by atoms with E-state index in [1.54, 1.807) is 6.92 Å². The van der Waals surface area contributed by atoms with Crippen LogP contribution < -0.4 is 0 Å². The Kier molecular flexibility index (Phi) is 4.43. The predicted molar refractivity (Wildman–Crippen MR) is 74.7 cm³/mol. The molecule has 0 fully saturated rings. The zero-order valence-corrected chi connectivity index (χ0v) is 12.5. The zero-order chi connectivity index (χ0) is 15.6. The fraction of sp³-hybridized carbons (Fsp3) is 0.182. The fourth-order valence-corrected chi connectivity index (χ4v) is 2.69. The van der Waals surface area contributed by atoms with Crippen LogP contribution in [0.1, 0.15) is 16.2 Å². The van der Waals surface area contributed by atoms with E-state index in [1.165, 1.54) is 13.2 Å². The summed E-state index contributed by atoms with van der Waals surface area (Å²) in [5.74, 6) is -0.132. The maximum atomic E-state index is 11.5. The lowest BCUT2D eigenvalue weighted by Gasteiger charge is -2.05. The number of nitrogens with zero attached hydrogens (tertiary/aromatic N) is 3. The van der Waals surface area contributed by atoms with Gasteiger partial charge in [-0.3, -0.25) is 15.2 Å². The van der Waals surface area contributed by atoms with E-state index in [1.807, 2.05) is 0 Å². The van der Waals surface area contributed by atoms with Crippen LogP contribution in [0.25, 0.3) is 0 Å². The number of aryl methyl sites for hydroxylation is 1. The van der Waals surface area contributed by atoms with Crippen molar-refractivity contribution in [2.45, 2.75) is 17.0 Å². The molecule has 10 heteroatoms. The van der Waals surface area contributed by atoms with Gasteiger partial charge in [-0.15, -0.1) is 5.10 Å². The molecule has 1 heterocycles. The van der Waals surface area contributed by atoms with Gasteiger partial charge >= 0.3 is 5.97 Å². The number of carbonyl (C=O) groups excluding carboxylic acids is 1. The molecular weight excluding hydrogens is 320 g/mol. The molecule has 0 saturated carbocycles. The number of hydrogen-bond donors (Lipinski definition) is 1. The van der Waals surface area contributed by atoms with Crippen LogP contribution in [0.15, 0.2) is 22.2 Å². The van der Waals surface area contributed by atoms with Crippen LogP contribution in [0.5, 0.6) is 0 Å². The second kappa shape index (κ2) is 6.10. The minimum absolute atomic E-state index is 0.00437. The quantitative estimate of drug-likeness (QED) is 0.521. The Bertz CT molecular complexity index is 718. The third kappa shape index (κ3) is 3.31. The molecule has 1 N–H and O–H groups in total. The van der Waals surface area contributed by atoms with Crippen LogP contribution in [0.3, 0.4) is 0 Å². The summed E-state index contributed by atoms with van der Waals surface area (Å²) in [6, 6.07) is 2.42. The Balaban J connectivity index is 2.49. The van der Waals surface area contributed by atoms with Gasteiger partial charge < -0.3 is 4.74 Å². The lowest BCUT2D eigenvalue weighted by atomic mass is 10.2. The first-order valence-electron chi connectivity index (χ1n) is 5.55. The van der Waals surface area contributed by atoms with E-state index in [4.69, 9.17) is 11.6 Å². The summed E-state index contributed by atoms with van der Waals surface area (Å²) in [6.45, 7) is 1.70. The second-order valence-corrected chi connectivity index (χ2v) is 5.25. The number of H-pyrrole nitrogens is 1. The molecule has 0 unspecified atom stereocenters. The number of hydrogen-bond acceptors (Lipinski definition) is 7. The van der Waals surface area contributed by atoms with Gasteiger partial charge in [0.1, 0.15) is 10.7 Å². The summed E-state index contributed by atoms with van der Waals surface area (Å²) in [5, 5.41) is 18.0. The molecule has 0 radical (unpaired) electrons. The van der Waals surface area contributed by atoms with Crippen molar-refractivity contribution >= 4 is 35.0 Å². The number of rotatable bonds is 4. The standard InChI is InChI=1S/C11H9ClN4O4S/c1-5-13-11(15-14-5)21-9-7(12)3-6(10(17)20-2)4-8(9)16(18)19/h3-4H,1-2H3,(H,13,14,15). The lowest BCUT2D eigenvalue weighted by Crippen LogP contribution is -2.03. The summed E-state index contributed by atoms with van der Waals surface area (Å²) in [5.41, 5.74) is -0.305. The van der Waals surface area contributed by atoms with Crippen LogP contribution in [0, 0.1) is 17.0 Å². The van der Waals surface area contributed by atoms with Crippen molar-refractivity contribution in [2.75, 3.05) is 7.11 Å². The zero-order valence-electron chi connectivity index (χ0n) is 10.9. The first kappa shape index (κ1) is 15.3. The van der Waals surface area contributed by atoms with E-state index in [0.29, 0.717) is 11.0 Å². The molecule has 1 aromatic heterocycles. The monoisotopic (exact) mass is 328 g/mol. The van der Waals surface area contributed by atoms with Gasteiger partial charge in [-0.25, -0.2) is 9.78 Å². The molecule has 110 valence electrons. The largest absolute Gasteiger partial charge is 0.465 e. The van der Waals surface area contributed by atoms with E-state index in [9.17, 15) is 14.9 Å². The van der Waals surface area contributed by atoms with E-state index >= 15 is 0 Å². The molecule has 1 aromatic carbocycles. The Labute approximate surface area is 128 Å². The number of aromatic nitrogens is 3. The number of halogens is 1. The second-order valence-electron chi connectivity index (χ2n) is 3.86. The highest BCUT2D eigenvalue weighted by molar-refractivity contribution is 7.99. The van der Waals surface area contributed by atoms with Crippen molar-refractivity contribution in [3.63, 3.8) is 0 Å². The number of methoxy groups -OCH3 is 1. The van der Waals surface area contributed by atoms with E-state index in [0.717, 1.165) is 17.8 Å². The van der Waals surface area contributed by atoms with Crippen LogP contribution in [0.2, 0.25) is 5.02 Å². The number of carbonyl (C=O) groups is 1. The number of nitro benzene ring substituents is 1. The van der Waals surface area contributed by atoms with Crippen molar-refractivity contribution in [2.24, 2.45) is 0 Å². The highest BCUT2D eigenvalue weighted by atomic mass is 35.5. The van der Waals surface area contributed by atoms with E-state index in [2.05, 4.69) is 19.9 Å². The van der Waals surface area contributed by atoms with Crippen molar-refractivity contribution in [3.05, 3.63) is 38.7 Å². The lowest BCUT2D eigenvalue weighted by molar-refractivity contribution is -0.387. The molecule has 21 heavy (non-hydrogen) atoms. The molecule has 0 atom stereocenters. The molecule has 2 rings (SSSR count). The summed E-state index contributed by atoms with van der Waals surface area (Å²) < 4.78 is 4.53. The Hall–Kier alpha value is -2.13. The summed E-state index contributed by atoms with van der Waals surface area (Å²) in [6.07, 6.45) is 0. The summed E-state index contributed by atoms with van der Waals surface area (Å²) >= 11 is 6.98. The number of nitrogens with one attached hydrogen (secondary N) is 1. The number of esters is 1. The minimum Gasteiger partial charge on any atom is -0.465 e.